The minimum atomic E-state index is -1.23. The molecule has 4 amide bonds. The monoisotopic (exact) mass is 671 g/mol. The fourth-order valence-electron chi connectivity index (χ4n) is 8.03. The minimum Gasteiger partial charge on any atom is -0.502 e. The normalized spacial score (nSPS) is 22.8. The van der Waals surface area contributed by atoms with Crippen LogP contribution in [-0.2, 0) is 25.5 Å². The molecule has 11 heteroatoms. The summed E-state index contributed by atoms with van der Waals surface area (Å²) < 4.78 is 16.5. The molecule has 5 aromatic rings. The number of fused-ring (bicyclic) bond motifs is 4. The molecule has 2 saturated heterocycles. The Bertz CT molecular complexity index is 2140. The number of benzene rings is 4. The van der Waals surface area contributed by atoms with Crippen LogP contribution in [0.5, 0.6) is 17.2 Å². The molecule has 0 spiro atoms. The van der Waals surface area contributed by atoms with Gasteiger partial charge in [0.2, 0.25) is 23.5 Å². The number of carbonyl (C=O) groups excluding carboxylic acids is 4. The summed E-state index contributed by atoms with van der Waals surface area (Å²) in [5, 5.41) is 11.6. The van der Waals surface area contributed by atoms with Gasteiger partial charge in [0.15, 0.2) is 11.5 Å². The summed E-state index contributed by atoms with van der Waals surface area (Å²) in [5.74, 6) is -5.91. The number of para-hydroxylation sites is 2. The molecule has 2 aliphatic heterocycles. The molecule has 3 aliphatic rings. The number of imide groups is 2. The van der Waals surface area contributed by atoms with Crippen LogP contribution in [0, 0.1) is 11.8 Å². The number of hydrogen-bond donors (Lipinski definition) is 2. The van der Waals surface area contributed by atoms with Crippen LogP contribution in [-0.4, -0.2) is 65.7 Å². The van der Waals surface area contributed by atoms with Crippen molar-refractivity contribution in [1.82, 2.24) is 9.88 Å². The Balaban J connectivity index is 1.36. The zero-order valence-electron chi connectivity index (χ0n) is 27.2. The van der Waals surface area contributed by atoms with Crippen LogP contribution in [0.4, 0.5) is 10.5 Å². The average molecular weight is 672 g/mol. The van der Waals surface area contributed by atoms with Gasteiger partial charge in [-0.15, -0.1) is 0 Å². The SMILES string of the molecule is COc1cc([C@H]2c3c([nH]c4ccccc34)[C@@H](C(=O)N3C(=O)OC[C@@H]3Cc3ccccc3)[C@H]3C(=O)N(c4ccccc4)C(=O)[C@@H]23)cc(OC)c1O. The Morgan fingerprint density at radius 2 is 1.48 bits per heavy atom. The van der Waals surface area contributed by atoms with Gasteiger partial charge in [0.1, 0.15) is 6.61 Å². The van der Waals surface area contributed by atoms with Gasteiger partial charge in [-0.25, -0.2) is 14.6 Å². The first-order valence-electron chi connectivity index (χ1n) is 16.3. The molecule has 252 valence electrons. The summed E-state index contributed by atoms with van der Waals surface area (Å²) in [5.41, 5.74) is 3.60. The topological polar surface area (TPSA) is 138 Å². The molecular formula is C39H33N3O8. The van der Waals surface area contributed by atoms with Gasteiger partial charge in [-0.05, 0) is 53.4 Å². The Labute approximate surface area is 287 Å². The van der Waals surface area contributed by atoms with Gasteiger partial charge < -0.3 is 24.3 Å². The molecule has 8 rings (SSSR count). The molecule has 3 heterocycles. The number of amides is 4. The number of phenols is 1. The van der Waals surface area contributed by atoms with E-state index in [0.717, 1.165) is 20.7 Å². The van der Waals surface area contributed by atoms with E-state index >= 15 is 4.79 Å². The molecule has 0 bridgehead atoms. The zero-order valence-corrected chi connectivity index (χ0v) is 27.2. The number of methoxy groups -OCH3 is 2. The highest BCUT2D eigenvalue weighted by molar-refractivity contribution is 6.24. The van der Waals surface area contributed by atoms with Crippen molar-refractivity contribution in [3.05, 3.63) is 119 Å². The van der Waals surface area contributed by atoms with Gasteiger partial charge in [-0.1, -0.05) is 66.7 Å². The molecule has 2 N–H and O–H groups in total. The molecular weight excluding hydrogens is 638 g/mol. The van der Waals surface area contributed by atoms with Crippen molar-refractivity contribution < 1.29 is 38.5 Å². The van der Waals surface area contributed by atoms with Gasteiger partial charge in [0.25, 0.3) is 0 Å². The van der Waals surface area contributed by atoms with Gasteiger partial charge in [0.05, 0.1) is 43.7 Å². The molecule has 0 unspecified atom stereocenters. The maximum Gasteiger partial charge on any atom is 0.417 e. The number of hydrogen-bond acceptors (Lipinski definition) is 8. The Morgan fingerprint density at radius 3 is 2.16 bits per heavy atom. The first-order valence-corrected chi connectivity index (χ1v) is 16.3. The lowest BCUT2D eigenvalue weighted by atomic mass is 9.64. The predicted molar refractivity (Wildman–Crippen MR) is 182 cm³/mol. The van der Waals surface area contributed by atoms with Crippen molar-refractivity contribution in [3.8, 4) is 17.2 Å². The quantitative estimate of drug-likeness (QED) is 0.216. The number of cyclic esters (lactones) is 1. The lowest BCUT2D eigenvalue weighted by Crippen LogP contribution is -2.48. The van der Waals surface area contributed by atoms with Crippen molar-refractivity contribution >= 4 is 40.4 Å². The van der Waals surface area contributed by atoms with E-state index in [0.29, 0.717) is 34.4 Å². The number of H-pyrrole nitrogens is 1. The first kappa shape index (κ1) is 31.2. The van der Waals surface area contributed by atoms with E-state index in [1.807, 2.05) is 54.6 Å². The second-order valence-corrected chi connectivity index (χ2v) is 12.8. The van der Waals surface area contributed by atoms with E-state index in [1.54, 1.807) is 42.5 Å². The van der Waals surface area contributed by atoms with Crippen LogP contribution in [0.2, 0.25) is 0 Å². The van der Waals surface area contributed by atoms with E-state index in [1.165, 1.54) is 14.2 Å². The van der Waals surface area contributed by atoms with E-state index in [-0.39, 0.29) is 23.9 Å². The number of aromatic nitrogens is 1. The number of nitrogens with one attached hydrogen (secondary N) is 1. The van der Waals surface area contributed by atoms with E-state index in [2.05, 4.69) is 4.98 Å². The highest BCUT2D eigenvalue weighted by Crippen LogP contribution is 2.57. The molecule has 11 nitrogen and oxygen atoms in total. The van der Waals surface area contributed by atoms with Crippen LogP contribution in [0.25, 0.3) is 10.9 Å². The number of phenolic OH excluding ortho intramolecular Hbond substituents is 1. The predicted octanol–water partition coefficient (Wildman–Crippen LogP) is 5.52. The van der Waals surface area contributed by atoms with Crippen LogP contribution in [0.3, 0.4) is 0 Å². The second-order valence-electron chi connectivity index (χ2n) is 12.8. The summed E-state index contributed by atoms with van der Waals surface area (Å²) in [4.78, 5) is 63.7. The molecule has 1 aromatic heterocycles. The number of rotatable bonds is 7. The van der Waals surface area contributed by atoms with E-state index in [4.69, 9.17) is 14.2 Å². The smallest absolute Gasteiger partial charge is 0.417 e. The van der Waals surface area contributed by atoms with E-state index < -0.39 is 53.5 Å². The standard InChI is InChI=1S/C39H33N3O8/c1-48-27-18-22(19-28(49-2)35(27)43)29-30-25-15-9-10-16-26(25)40-34(30)33(32-31(29)36(44)41(37(32)45)23-13-7-4-8-14-23)38(46)42-24(20-50-39(42)47)17-21-11-5-3-6-12-21/h3-16,18-19,24,29,31-33,40,43H,17,20H2,1-2H3/t24-,29-,31-,32-,33-/m0/s1. The van der Waals surface area contributed by atoms with Crippen molar-refractivity contribution in [2.45, 2.75) is 24.3 Å². The highest BCUT2D eigenvalue weighted by atomic mass is 16.6. The van der Waals surface area contributed by atoms with E-state index in [9.17, 15) is 19.5 Å². The second kappa shape index (κ2) is 12.1. The average Bonchev–Trinajstić information content (AvgIpc) is 3.78. The van der Waals surface area contributed by atoms with Crippen LogP contribution >= 0.6 is 0 Å². The van der Waals surface area contributed by atoms with Crippen molar-refractivity contribution in [3.63, 3.8) is 0 Å². The number of anilines is 1. The lowest BCUT2D eigenvalue weighted by Gasteiger charge is -2.38. The minimum absolute atomic E-state index is 0.00141. The van der Waals surface area contributed by atoms with Crippen LogP contribution < -0.4 is 14.4 Å². The van der Waals surface area contributed by atoms with Gasteiger partial charge >= 0.3 is 6.09 Å². The third-order valence-electron chi connectivity index (χ3n) is 10.2. The van der Waals surface area contributed by atoms with Gasteiger partial charge in [-0.3, -0.25) is 14.4 Å². The Kier molecular flexibility index (Phi) is 7.55. The van der Waals surface area contributed by atoms with Gasteiger partial charge in [-0.2, -0.15) is 0 Å². The van der Waals surface area contributed by atoms with Crippen LogP contribution in [0.15, 0.2) is 97.1 Å². The van der Waals surface area contributed by atoms with Crippen molar-refractivity contribution in [2.75, 3.05) is 25.7 Å². The van der Waals surface area contributed by atoms with Gasteiger partial charge in [0, 0.05) is 22.5 Å². The molecule has 0 radical (unpaired) electrons. The third kappa shape index (κ3) is 4.72. The third-order valence-corrected chi connectivity index (χ3v) is 10.2. The number of nitrogens with zero attached hydrogens (tertiary/aromatic N) is 2. The molecule has 0 saturated carbocycles. The lowest BCUT2D eigenvalue weighted by molar-refractivity contribution is -0.136. The number of aromatic hydroxyl groups is 1. The fourth-order valence-corrected chi connectivity index (χ4v) is 8.03. The first-order chi connectivity index (χ1) is 24.3. The maximum absolute atomic E-state index is 15.0. The maximum atomic E-state index is 15.0. The Morgan fingerprint density at radius 1 is 0.860 bits per heavy atom. The molecule has 2 fully saturated rings. The summed E-state index contributed by atoms with van der Waals surface area (Å²) in [6.45, 7) is -0.00141. The van der Waals surface area contributed by atoms with Crippen molar-refractivity contribution in [1.29, 1.82) is 0 Å². The summed E-state index contributed by atoms with van der Waals surface area (Å²) in [7, 11) is 2.83. The molecule has 4 aromatic carbocycles. The summed E-state index contributed by atoms with van der Waals surface area (Å²) in [6, 6.07) is 28.2. The van der Waals surface area contributed by atoms with Crippen molar-refractivity contribution in [2.24, 2.45) is 11.8 Å². The molecule has 50 heavy (non-hydrogen) atoms. The number of aromatic amines is 1. The fraction of sp³-hybridized carbons (Fsp3) is 0.231. The summed E-state index contributed by atoms with van der Waals surface area (Å²) in [6.07, 6.45) is -0.436. The largest absolute Gasteiger partial charge is 0.502 e. The zero-order chi connectivity index (χ0) is 34.7. The number of ether oxygens (including phenoxy) is 3. The summed E-state index contributed by atoms with van der Waals surface area (Å²) >= 11 is 0. The Hall–Kier alpha value is -6.10. The molecule has 5 atom stereocenters. The van der Waals surface area contributed by atoms with Crippen LogP contribution in [0.1, 0.15) is 34.2 Å². The number of carbonyl (C=O) groups is 4. The molecule has 1 aliphatic carbocycles. The highest BCUT2D eigenvalue weighted by Gasteiger charge is 2.62.